The Kier molecular flexibility index (Phi) is 3.91. The second-order valence-corrected chi connectivity index (χ2v) is 4.79. The van der Waals surface area contributed by atoms with Crippen LogP contribution in [-0.4, -0.2) is 11.6 Å². The Morgan fingerprint density at radius 2 is 1.37 bits per heavy atom. The molecular weight excluding hydrogens is 236 g/mol. The van der Waals surface area contributed by atoms with Crippen LogP contribution in [0.1, 0.15) is 40.1 Å². The number of carbonyl (C=O) groups excluding carboxylic acids is 2. The van der Waals surface area contributed by atoms with Gasteiger partial charge in [-0.15, -0.1) is 0 Å². The fraction of sp³-hybridized carbons (Fsp3) is 0.176. The Labute approximate surface area is 113 Å². The quantitative estimate of drug-likeness (QED) is 0.776. The molecule has 19 heavy (non-hydrogen) atoms. The third-order valence-electron chi connectivity index (χ3n) is 2.97. The van der Waals surface area contributed by atoms with Crippen molar-refractivity contribution in [2.45, 2.75) is 13.8 Å². The molecule has 0 N–H and O–H groups in total. The zero-order valence-electron chi connectivity index (χ0n) is 11.1. The highest BCUT2D eigenvalue weighted by molar-refractivity contribution is 6.10. The van der Waals surface area contributed by atoms with E-state index in [2.05, 4.69) is 0 Å². The lowest BCUT2D eigenvalue weighted by Crippen LogP contribution is -2.09. The van der Waals surface area contributed by atoms with Crippen LogP contribution in [0, 0.1) is 5.92 Å². The van der Waals surface area contributed by atoms with Gasteiger partial charge >= 0.3 is 0 Å². The van der Waals surface area contributed by atoms with Gasteiger partial charge in [-0.05, 0) is 6.07 Å². The van der Waals surface area contributed by atoms with Gasteiger partial charge < -0.3 is 0 Å². The topological polar surface area (TPSA) is 34.1 Å². The molecule has 0 bridgehead atoms. The number of rotatable bonds is 4. The van der Waals surface area contributed by atoms with Crippen LogP contribution in [0.25, 0.3) is 0 Å². The van der Waals surface area contributed by atoms with Crippen molar-refractivity contribution in [1.82, 2.24) is 0 Å². The molecule has 2 aromatic rings. The molecule has 0 spiro atoms. The fourth-order valence-electron chi connectivity index (χ4n) is 1.90. The van der Waals surface area contributed by atoms with Crippen molar-refractivity contribution in [2.24, 2.45) is 5.92 Å². The summed E-state index contributed by atoms with van der Waals surface area (Å²) in [5.41, 5.74) is 1.78. The Morgan fingerprint density at radius 3 is 2.00 bits per heavy atom. The monoisotopic (exact) mass is 252 g/mol. The van der Waals surface area contributed by atoms with Gasteiger partial charge in [-0.1, -0.05) is 62.4 Å². The second-order valence-electron chi connectivity index (χ2n) is 4.79. The van der Waals surface area contributed by atoms with Crippen molar-refractivity contribution in [3.63, 3.8) is 0 Å². The van der Waals surface area contributed by atoms with Gasteiger partial charge in [-0.25, -0.2) is 0 Å². The van der Waals surface area contributed by atoms with Crippen LogP contribution in [0.3, 0.4) is 0 Å². The zero-order chi connectivity index (χ0) is 13.8. The van der Waals surface area contributed by atoms with Crippen LogP contribution in [0.4, 0.5) is 0 Å². The van der Waals surface area contributed by atoms with Gasteiger partial charge in [0.05, 0.1) is 0 Å². The highest BCUT2D eigenvalue weighted by Gasteiger charge is 2.14. The van der Waals surface area contributed by atoms with E-state index in [1.54, 1.807) is 36.4 Å². The van der Waals surface area contributed by atoms with E-state index in [1.165, 1.54) is 0 Å². The van der Waals surface area contributed by atoms with Crippen molar-refractivity contribution in [1.29, 1.82) is 0 Å². The smallest absolute Gasteiger partial charge is 0.193 e. The van der Waals surface area contributed by atoms with Gasteiger partial charge in [0.2, 0.25) is 0 Å². The number of benzene rings is 2. The maximum Gasteiger partial charge on any atom is 0.193 e. The minimum atomic E-state index is -0.0675. The predicted octanol–water partition coefficient (Wildman–Crippen LogP) is 3.76. The lowest BCUT2D eigenvalue weighted by molar-refractivity contribution is 0.0939. The average molecular weight is 252 g/mol. The molecule has 0 aliphatic heterocycles. The van der Waals surface area contributed by atoms with Crippen molar-refractivity contribution in [3.05, 3.63) is 71.3 Å². The number of Topliss-reactive ketones (excluding diaryl/α,β-unsaturated/α-hetero) is 1. The highest BCUT2D eigenvalue weighted by atomic mass is 16.1. The SMILES string of the molecule is CC(C)C(=O)c1cccc(C(=O)c2ccccc2)c1. The van der Waals surface area contributed by atoms with E-state index in [-0.39, 0.29) is 17.5 Å². The molecule has 0 aromatic heterocycles. The van der Waals surface area contributed by atoms with E-state index in [0.717, 1.165) is 0 Å². The molecule has 0 unspecified atom stereocenters. The molecule has 0 radical (unpaired) electrons. The third-order valence-corrected chi connectivity index (χ3v) is 2.97. The first-order valence-corrected chi connectivity index (χ1v) is 6.33. The van der Waals surface area contributed by atoms with E-state index in [1.807, 2.05) is 32.0 Å². The van der Waals surface area contributed by atoms with Crippen molar-refractivity contribution < 1.29 is 9.59 Å². The van der Waals surface area contributed by atoms with Gasteiger partial charge in [-0.3, -0.25) is 9.59 Å². The van der Waals surface area contributed by atoms with Crippen LogP contribution >= 0.6 is 0 Å². The zero-order valence-corrected chi connectivity index (χ0v) is 11.1. The average Bonchev–Trinajstić information content (AvgIpc) is 2.46. The molecule has 2 nitrogen and oxygen atoms in total. The molecule has 0 aliphatic rings. The summed E-state index contributed by atoms with van der Waals surface area (Å²) < 4.78 is 0. The molecule has 0 saturated carbocycles. The lowest BCUT2D eigenvalue weighted by Gasteiger charge is -2.06. The second kappa shape index (κ2) is 5.61. The van der Waals surface area contributed by atoms with Crippen LogP contribution in [0.15, 0.2) is 54.6 Å². The Bertz CT molecular complexity index is 598. The first kappa shape index (κ1) is 13.2. The summed E-state index contributed by atoms with van der Waals surface area (Å²) in [5.74, 6) is -0.0659. The molecule has 96 valence electrons. The highest BCUT2D eigenvalue weighted by Crippen LogP contribution is 2.14. The molecule has 0 fully saturated rings. The first-order valence-electron chi connectivity index (χ1n) is 6.33. The number of hydrogen-bond donors (Lipinski definition) is 0. The van der Waals surface area contributed by atoms with Gasteiger partial charge in [0.15, 0.2) is 11.6 Å². The molecule has 0 aliphatic carbocycles. The molecular formula is C17H16O2. The maximum atomic E-state index is 12.3. The summed E-state index contributed by atoms with van der Waals surface area (Å²) in [5, 5.41) is 0. The summed E-state index contributed by atoms with van der Waals surface area (Å²) >= 11 is 0. The molecule has 2 heteroatoms. The largest absolute Gasteiger partial charge is 0.294 e. The van der Waals surface area contributed by atoms with Gasteiger partial charge in [-0.2, -0.15) is 0 Å². The van der Waals surface area contributed by atoms with E-state index in [0.29, 0.717) is 16.7 Å². The van der Waals surface area contributed by atoms with Crippen LogP contribution < -0.4 is 0 Å². The predicted molar refractivity (Wildman–Crippen MR) is 75.5 cm³/mol. The van der Waals surface area contributed by atoms with Crippen LogP contribution in [0.2, 0.25) is 0 Å². The molecule has 0 saturated heterocycles. The molecule has 2 rings (SSSR count). The standard InChI is InChI=1S/C17H16O2/c1-12(2)16(18)14-9-6-10-15(11-14)17(19)13-7-4-3-5-8-13/h3-12H,1-2H3. The van der Waals surface area contributed by atoms with Gasteiger partial charge in [0, 0.05) is 22.6 Å². The Balaban J connectivity index is 2.34. The normalized spacial score (nSPS) is 10.5. The molecule has 0 amide bonds. The molecule has 2 aromatic carbocycles. The van der Waals surface area contributed by atoms with Crippen molar-refractivity contribution in [2.75, 3.05) is 0 Å². The van der Waals surface area contributed by atoms with Gasteiger partial charge in [0.1, 0.15) is 0 Å². The van der Waals surface area contributed by atoms with E-state index < -0.39 is 0 Å². The summed E-state index contributed by atoms with van der Waals surface area (Å²) in [7, 11) is 0. The van der Waals surface area contributed by atoms with E-state index >= 15 is 0 Å². The summed E-state index contributed by atoms with van der Waals surface area (Å²) in [6, 6.07) is 16.0. The number of carbonyl (C=O) groups is 2. The maximum absolute atomic E-state index is 12.3. The molecule has 0 heterocycles. The number of hydrogen-bond acceptors (Lipinski definition) is 2. The number of ketones is 2. The minimum Gasteiger partial charge on any atom is -0.294 e. The third kappa shape index (κ3) is 2.97. The van der Waals surface area contributed by atoms with Gasteiger partial charge in [0.25, 0.3) is 0 Å². The summed E-state index contributed by atoms with van der Waals surface area (Å²) in [4.78, 5) is 24.2. The van der Waals surface area contributed by atoms with Crippen LogP contribution in [0.5, 0.6) is 0 Å². The first-order chi connectivity index (χ1) is 9.09. The molecule has 0 atom stereocenters. The lowest BCUT2D eigenvalue weighted by atomic mass is 9.96. The summed E-state index contributed by atoms with van der Waals surface area (Å²) in [6.07, 6.45) is 0. The van der Waals surface area contributed by atoms with Crippen molar-refractivity contribution in [3.8, 4) is 0 Å². The fourth-order valence-corrected chi connectivity index (χ4v) is 1.90. The minimum absolute atomic E-state index is 0.0565. The Morgan fingerprint density at radius 1 is 0.789 bits per heavy atom. The van der Waals surface area contributed by atoms with E-state index in [4.69, 9.17) is 0 Å². The van der Waals surface area contributed by atoms with Crippen molar-refractivity contribution >= 4 is 11.6 Å². The summed E-state index contributed by atoms with van der Waals surface area (Å²) in [6.45, 7) is 3.71. The van der Waals surface area contributed by atoms with E-state index in [9.17, 15) is 9.59 Å². The van der Waals surface area contributed by atoms with Crippen LogP contribution in [-0.2, 0) is 0 Å². The Hall–Kier alpha value is -2.22.